The van der Waals surface area contributed by atoms with Gasteiger partial charge in [0.2, 0.25) is 0 Å². The number of carbonyl (C=O) groups is 1. The monoisotopic (exact) mass is 426 g/mol. The molecule has 0 bridgehead atoms. The quantitative estimate of drug-likeness (QED) is 0.663. The highest BCUT2D eigenvalue weighted by molar-refractivity contribution is 7.21. The molecule has 0 radical (unpaired) electrons. The van der Waals surface area contributed by atoms with Crippen LogP contribution in [0.4, 0.5) is 0 Å². The second-order valence-corrected chi connectivity index (χ2v) is 9.25. The molecule has 30 heavy (non-hydrogen) atoms. The van der Waals surface area contributed by atoms with Crippen molar-refractivity contribution in [2.75, 3.05) is 26.7 Å². The topological polar surface area (TPSA) is 59.4 Å². The number of aromatic nitrogens is 2. The van der Waals surface area contributed by atoms with Crippen LogP contribution in [0.1, 0.15) is 58.2 Å². The Morgan fingerprint density at radius 1 is 1.33 bits per heavy atom. The van der Waals surface area contributed by atoms with E-state index in [4.69, 9.17) is 9.84 Å². The Morgan fingerprint density at radius 2 is 2.10 bits per heavy atom. The van der Waals surface area contributed by atoms with E-state index in [2.05, 4.69) is 54.7 Å². The molecular formula is C23H30N4O2S. The van der Waals surface area contributed by atoms with Gasteiger partial charge < -0.3 is 10.1 Å². The number of carbonyl (C=O) groups excluding carboxylic acids is 1. The normalized spacial score (nSPS) is 17.7. The van der Waals surface area contributed by atoms with Crippen molar-refractivity contribution >= 4 is 27.3 Å². The highest BCUT2D eigenvalue weighted by atomic mass is 32.1. The molecule has 1 aromatic carbocycles. The summed E-state index contributed by atoms with van der Waals surface area (Å²) in [5.74, 6) is -0.0446. The number of hydrogen-bond donors (Lipinski definition) is 1. The Hall–Kier alpha value is -2.22. The second kappa shape index (κ2) is 8.49. The average Bonchev–Trinajstić information content (AvgIpc) is 3.26. The van der Waals surface area contributed by atoms with E-state index in [0.717, 1.165) is 45.9 Å². The maximum atomic E-state index is 12.6. The van der Waals surface area contributed by atoms with Crippen molar-refractivity contribution in [2.45, 2.75) is 46.4 Å². The van der Waals surface area contributed by atoms with Crippen molar-refractivity contribution in [1.82, 2.24) is 20.0 Å². The molecule has 2 aromatic heterocycles. The molecule has 1 aliphatic heterocycles. The molecule has 1 amide bonds. The molecule has 4 rings (SSSR count). The lowest BCUT2D eigenvalue weighted by Crippen LogP contribution is -2.38. The molecule has 7 heteroatoms. The third-order valence-electron chi connectivity index (χ3n) is 5.89. The number of ether oxygens (including phenoxy) is 1. The molecule has 0 saturated carbocycles. The third-order valence-corrected chi connectivity index (χ3v) is 7.07. The molecule has 0 aliphatic carbocycles. The van der Waals surface area contributed by atoms with E-state index in [1.807, 2.05) is 12.1 Å². The lowest BCUT2D eigenvalue weighted by molar-refractivity contribution is -0.0324. The first-order valence-electron chi connectivity index (χ1n) is 10.5. The third kappa shape index (κ3) is 3.77. The van der Waals surface area contributed by atoms with Crippen LogP contribution < -0.4 is 5.32 Å². The fraction of sp³-hybridized carbons (Fsp3) is 0.478. The molecule has 1 fully saturated rings. The van der Waals surface area contributed by atoms with Crippen LogP contribution in [0, 0.1) is 13.8 Å². The van der Waals surface area contributed by atoms with E-state index in [0.29, 0.717) is 12.6 Å². The van der Waals surface area contributed by atoms with Crippen LogP contribution in [0.5, 0.6) is 0 Å². The van der Waals surface area contributed by atoms with E-state index in [-0.39, 0.29) is 12.0 Å². The van der Waals surface area contributed by atoms with Gasteiger partial charge in [0.05, 0.1) is 23.3 Å². The second-order valence-electron chi connectivity index (χ2n) is 8.20. The molecule has 0 spiro atoms. The van der Waals surface area contributed by atoms with Crippen LogP contribution >= 0.6 is 11.3 Å². The van der Waals surface area contributed by atoms with Gasteiger partial charge in [-0.05, 0) is 39.1 Å². The van der Waals surface area contributed by atoms with Gasteiger partial charge in [-0.3, -0.25) is 14.4 Å². The van der Waals surface area contributed by atoms with Crippen LogP contribution in [0.3, 0.4) is 0 Å². The summed E-state index contributed by atoms with van der Waals surface area (Å²) < 4.78 is 9.43. The zero-order valence-electron chi connectivity index (χ0n) is 18.4. The number of nitrogens with one attached hydrogen (secondary N) is 1. The lowest BCUT2D eigenvalue weighted by Gasteiger charge is -2.33. The first-order valence-corrected chi connectivity index (χ1v) is 11.3. The number of benzene rings is 1. The summed E-state index contributed by atoms with van der Waals surface area (Å²) in [4.78, 5) is 15.8. The Balaban J connectivity index is 1.63. The van der Waals surface area contributed by atoms with Gasteiger partial charge in [-0.2, -0.15) is 5.10 Å². The van der Waals surface area contributed by atoms with Crippen molar-refractivity contribution in [2.24, 2.45) is 0 Å². The molecule has 1 atom stereocenters. The molecule has 1 aliphatic rings. The number of rotatable bonds is 5. The summed E-state index contributed by atoms with van der Waals surface area (Å²) in [5.41, 5.74) is 4.64. The highest BCUT2D eigenvalue weighted by Crippen LogP contribution is 2.38. The number of amides is 1. The number of nitrogens with zero attached hydrogens (tertiary/aromatic N) is 3. The van der Waals surface area contributed by atoms with E-state index < -0.39 is 0 Å². The van der Waals surface area contributed by atoms with Gasteiger partial charge in [0, 0.05) is 54.2 Å². The van der Waals surface area contributed by atoms with Gasteiger partial charge in [-0.1, -0.05) is 18.2 Å². The standard InChI is InChI=1S/C23H30N4O2S/c1-14(2)27-16(4)18(15(3)25-27)12-26-10-11-29-19(13-26)21-17-8-6-7-9-20(17)30-22(21)23(28)24-5/h6-9,14,19H,10-13H2,1-5H3,(H,24,28). The zero-order chi connectivity index (χ0) is 21.4. The maximum absolute atomic E-state index is 12.6. The fourth-order valence-corrected chi connectivity index (χ4v) is 5.54. The van der Waals surface area contributed by atoms with E-state index in [1.165, 1.54) is 11.3 Å². The Bertz CT molecular complexity index is 1070. The zero-order valence-corrected chi connectivity index (χ0v) is 19.2. The van der Waals surface area contributed by atoms with E-state index in [1.54, 1.807) is 18.4 Å². The summed E-state index contributed by atoms with van der Waals surface area (Å²) >= 11 is 1.54. The van der Waals surface area contributed by atoms with Crippen molar-refractivity contribution in [1.29, 1.82) is 0 Å². The summed E-state index contributed by atoms with van der Waals surface area (Å²) in [5, 5.41) is 8.65. The molecule has 1 N–H and O–H groups in total. The number of fused-ring (bicyclic) bond motifs is 1. The van der Waals surface area contributed by atoms with Crippen molar-refractivity contribution < 1.29 is 9.53 Å². The average molecular weight is 427 g/mol. The minimum atomic E-state index is -0.122. The molecule has 3 aromatic rings. The summed E-state index contributed by atoms with van der Waals surface area (Å²) in [7, 11) is 1.68. The number of hydrogen-bond acceptors (Lipinski definition) is 5. The summed E-state index contributed by atoms with van der Waals surface area (Å²) in [6, 6.07) is 8.56. The largest absolute Gasteiger partial charge is 0.371 e. The van der Waals surface area contributed by atoms with Crippen molar-refractivity contribution in [3.8, 4) is 0 Å². The lowest BCUT2D eigenvalue weighted by atomic mass is 10.0. The predicted molar refractivity (Wildman–Crippen MR) is 121 cm³/mol. The van der Waals surface area contributed by atoms with Crippen LogP contribution in [0.2, 0.25) is 0 Å². The predicted octanol–water partition coefficient (Wildman–Crippen LogP) is 4.23. The van der Waals surface area contributed by atoms with Gasteiger partial charge in [-0.25, -0.2) is 0 Å². The molecule has 1 unspecified atom stereocenters. The minimum Gasteiger partial charge on any atom is -0.371 e. The van der Waals surface area contributed by atoms with Crippen molar-refractivity contribution in [3.63, 3.8) is 0 Å². The molecule has 6 nitrogen and oxygen atoms in total. The number of morpholine rings is 1. The SMILES string of the molecule is CNC(=O)c1sc2ccccc2c1C1CN(Cc2c(C)nn(C(C)C)c2C)CCO1. The first-order chi connectivity index (χ1) is 14.4. The number of thiophene rings is 1. The van der Waals surface area contributed by atoms with Gasteiger partial charge in [0.1, 0.15) is 0 Å². The molecular weight excluding hydrogens is 396 g/mol. The Labute approximate surface area is 181 Å². The van der Waals surface area contributed by atoms with Crippen LogP contribution in [0.15, 0.2) is 24.3 Å². The summed E-state index contributed by atoms with van der Waals surface area (Å²) in [6.45, 7) is 11.7. The van der Waals surface area contributed by atoms with Crippen LogP contribution in [-0.2, 0) is 11.3 Å². The van der Waals surface area contributed by atoms with Crippen molar-refractivity contribution in [3.05, 3.63) is 51.7 Å². The number of aryl methyl sites for hydroxylation is 1. The smallest absolute Gasteiger partial charge is 0.261 e. The van der Waals surface area contributed by atoms with Gasteiger partial charge in [0.25, 0.3) is 5.91 Å². The maximum Gasteiger partial charge on any atom is 0.261 e. The fourth-order valence-electron chi connectivity index (χ4n) is 4.34. The molecule has 1 saturated heterocycles. The van der Waals surface area contributed by atoms with Crippen LogP contribution in [0.25, 0.3) is 10.1 Å². The Kier molecular flexibility index (Phi) is 5.95. The molecule has 160 valence electrons. The van der Waals surface area contributed by atoms with E-state index >= 15 is 0 Å². The Morgan fingerprint density at radius 3 is 2.80 bits per heavy atom. The van der Waals surface area contributed by atoms with Gasteiger partial charge in [-0.15, -0.1) is 11.3 Å². The highest BCUT2D eigenvalue weighted by Gasteiger charge is 2.30. The first kappa shape index (κ1) is 21.0. The van der Waals surface area contributed by atoms with E-state index in [9.17, 15) is 4.79 Å². The van der Waals surface area contributed by atoms with Gasteiger partial charge in [0.15, 0.2) is 0 Å². The summed E-state index contributed by atoms with van der Waals surface area (Å²) in [6.07, 6.45) is -0.122. The minimum absolute atomic E-state index is 0.0446. The van der Waals surface area contributed by atoms with Gasteiger partial charge >= 0.3 is 0 Å². The van der Waals surface area contributed by atoms with Crippen LogP contribution in [-0.4, -0.2) is 47.3 Å². The molecule has 3 heterocycles.